The lowest BCUT2D eigenvalue weighted by Crippen LogP contribution is -2.57. The third kappa shape index (κ3) is 4.85. The van der Waals surface area contributed by atoms with Gasteiger partial charge >= 0.3 is 18.0 Å². The van der Waals surface area contributed by atoms with Crippen LogP contribution in [0.1, 0.15) is 49.7 Å². The lowest BCUT2D eigenvalue weighted by molar-refractivity contribution is -0.155. The number of amides is 2. The molecule has 1 fully saturated rings. The Hall–Kier alpha value is -3.49. The molecule has 2 amide bonds. The number of hydrogen-bond donors (Lipinski definition) is 3. The number of hydrogen-bond acceptors (Lipinski definition) is 4. The molecule has 3 N–H and O–H groups in total. The van der Waals surface area contributed by atoms with Crippen LogP contribution in [0.4, 0.5) is 13.6 Å². The van der Waals surface area contributed by atoms with Crippen molar-refractivity contribution in [3.05, 3.63) is 59.7 Å². The molecule has 0 saturated heterocycles. The predicted octanol–water partition coefficient (Wildman–Crippen LogP) is 4.31. The van der Waals surface area contributed by atoms with Crippen LogP contribution < -0.4 is 10.6 Å². The average Bonchev–Trinajstić information content (AvgIpc) is 3.16. The molecule has 2 aromatic carbocycles. The van der Waals surface area contributed by atoms with Gasteiger partial charge in [-0.15, -0.1) is 0 Å². The molecule has 0 aromatic heterocycles. The Morgan fingerprint density at radius 3 is 2.26 bits per heavy atom. The number of nitrogens with one attached hydrogen (secondary N) is 2. The van der Waals surface area contributed by atoms with Crippen LogP contribution in [-0.4, -0.2) is 48.2 Å². The minimum atomic E-state index is -3.93. The van der Waals surface area contributed by atoms with Crippen LogP contribution in [0.25, 0.3) is 11.1 Å². The summed E-state index contributed by atoms with van der Waals surface area (Å²) in [5.41, 5.74) is 2.73. The van der Waals surface area contributed by atoms with Gasteiger partial charge in [-0.1, -0.05) is 61.4 Å². The van der Waals surface area contributed by atoms with Gasteiger partial charge in [-0.3, -0.25) is 9.59 Å². The molecule has 2 atom stereocenters. The maximum atomic E-state index is 14.5. The number of halogens is 2. The second-order valence-electron chi connectivity index (χ2n) is 9.38. The Labute approximate surface area is 201 Å². The normalized spacial score (nSPS) is 21.5. The molecule has 9 heteroatoms. The summed E-state index contributed by atoms with van der Waals surface area (Å²) in [5.74, 6) is -6.90. The maximum Gasteiger partial charge on any atom is 0.407 e. The van der Waals surface area contributed by atoms with E-state index in [1.54, 1.807) is 0 Å². The van der Waals surface area contributed by atoms with Gasteiger partial charge in [0.15, 0.2) is 0 Å². The summed E-state index contributed by atoms with van der Waals surface area (Å²) < 4.78 is 34.2. The lowest BCUT2D eigenvalue weighted by atomic mass is 9.71. The number of ether oxygens (including phenoxy) is 1. The van der Waals surface area contributed by atoms with Crippen LogP contribution in [-0.2, 0) is 14.3 Å². The van der Waals surface area contributed by atoms with Crippen molar-refractivity contribution in [3.8, 4) is 11.1 Å². The van der Waals surface area contributed by atoms with E-state index in [2.05, 4.69) is 5.32 Å². The SMILES string of the molecule is CC1(C(=O)O)CCCCC1NC(=O)C(F)(F)CNC(=O)OCC1c2ccccc2-c2ccccc21. The molecule has 0 aliphatic heterocycles. The molecule has 0 heterocycles. The van der Waals surface area contributed by atoms with Crippen molar-refractivity contribution in [2.75, 3.05) is 13.2 Å². The number of carbonyl (C=O) groups is 3. The second kappa shape index (κ2) is 9.64. The van der Waals surface area contributed by atoms with E-state index in [4.69, 9.17) is 4.74 Å². The van der Waals surface area contributed by atoms with Crippen LogP contribution in [0.5, 0.6) is 0 Å². The third-order valence-corrected chi connectivity index (χ3v) is 7.13. The summed E-state index contributed by atoms with van der Waals surface area (Å²) in [6.45, 7) is 0.148. The number of alkyl carbamates (subject to hydrolysis) is 1. The molecule has 0 spiro atoms. The van der Waals surface area contributed by atoms with Crippen LogP contribution in [0.3, 0.4) is 0 Å². The van der Waals surface area contributed by atoms with Gasteiger partial charge in [-0.25, -0.2) is 4.79 Å². The van der Waals surface area contributed by atoms with E-state index in [0.29, 0.717) is 19.3 Å². The number of carbonyl (C=O) groups excluding carboxylic acids is 2. The first kappa shape index (κ1) is 24.6. The molecular formula is C26H28F2N2O5. The molecule has 35 heavy (non-hydrogen) atoms. The summed E-state index contributed by atoms with van der Waals surface area (Å²) in [4.78, 5) is 36.1. The molecular weight excluding hydrogens is 458 g/mol. The fraction of sp³-hybridized carbons (Fsp3) is 0.423. The van der Waals surface area contributed by atoms with E-state index in [1.165, 1.54) is 6.92 Å². The van der Waals surface area contributed by atoms with E-state index in [9.17, 15) is 28.3 Å². The Bertz CT molecular complexity index is 1090. The zero-order valence-electron chi connectivity index (χ0n) is 19.4. The van der Waals surface area contributed by atoms with Crippen molar-refractivity contribution in [3.63, 3.8) is 0 Å². The lowest BCUT2D eigenvalue weighted by Gasteiger charge is -2.38. The number of benzene rings is 2. The number of aliphatic carboxylic acids is 1. The van der Waals surface area contributed by atoms with Crippen LogP contribution >= 0.6 is 0 Å². The Morgan fingerprint density at radius 1 is 1.06 bits per heavy atom. The van der Waals surface area contributed by atoms with Crippen molar-refractivity contribution in [1.29, 1.82) is 0 Å². The monoisotopic (exact) mass is 486 g/mol. The van der Waals surface area contributed by atoms with Gasteiger partial charge in [-0.05, 0) is 42.0 Å². The fourth-order valence-electron chi connectivity index (χ4n) is 5.00. The first-order chi connectivity index (χ1) is 16.6. The highest BCUT2D eigenvalue weighted by molar-refractivity contribution is 5.86. The highest BCUT2D eigenvalue weighted by Gasteiger charge is 2.47. The molecule has 186 valence electrons. The van der Waals surface area contributed by atoms with Gasteiger partial charge in [0.25, 0.3) is 5.91 Å². The number of carboxylic acids is 1. The minimum Gasteiger partial charge on any atom is -0.481 e. The van der Waals surface area contributed by atoms with E-state index in [0.717, 1.165) is 22.3 Å². The van der Waals surface area contributed by atoms with Gasteiger partial charge in [0.1, 0.15) is 6.61 Å². The molecule has 2 aliphatic carbocycles. The number of carboxylic acid groups (broad SMARTS) is 1. The maximum absolute atomic E-state index is 14.5. The van der Waals surface area contributed by atoms with Gasteiger partial charge < -0.3 is 20.5 Å². The molecule has 2 aromatic rings. The average molecular weight is 487 g/mol. The second-order valence-corrected chi connectivity index (χ2v) is 9.38. The van der Waals surface area contributed by atoms with Gasteiger partial charge in [0, 0.05) is 12.0 Å². The van der Waals surface area contributed by atoms with Gasteiger partial charge in [0.2, 0.25) is 0 Å². The molecule has 7 nitrogen and oxygen atoms in total. The van der Waals surface area contributed by atoms with E-state index in [-0.39, 0.29) is 18.9 Å². The first-order valence-corrected chi connectivity index (χ1v) is 11.6. The highest BCUT2D eigenvalue weighted by Crippen LogP contribution is 2.44. The van der Waals surface area contributed by atoms with Crippen molar-refractivity contribution in [2.24, 2.45) is 5.41 Å². The third-order valence-electron chi connectivity index (χ3n) is 7.13. The zero-order chi connectivity index (χ0) is 25.2. The predicted molar refractivity (Wildman–Crippen MR) is 124 cm³/mol. The fourth-order valence-corrected chi connectivity index (χ4v) is 5.00. The van der Waals surface area contributed by atoms with E-state index in [1.807, 2.05) is 53.8 Å². The smallest absolute Gasteiger partial charge is 0.407 e. The molecule has 1 saturated carbocycles. The summed E-state index contributed by atoms with van der Waals surface area (Å²) in [6.07, 6.45) is 0.806. The van der Waals surface area contributed by atoms with Crippen molar-refractivity contribution < 1.29 is 33.0 Å². The largest absolute Gasteiger partial charge is 0.481 e. The van der Waals surface area contributed by atoms with Crippen LogP contribution in [0.2, 0.25) is 0 Å². The topological polar surface area (TPSA) is 105 Å². The highest BCUT2D eigenvalue weighted by atomic mass is 19.3. The molecule has 0 bridgehead atoms. The Balaban J connectivity index is 1.33. The standard InChI is InChI=1S/C26H28F2N2O5/c1-25(23(32)33)13-7-6-12-21(25)30-22(31)26(27,28)15-29-24(34)35-14-20-18-10-4-2-8-16(18)17-9-3-5-11-19(17)20/h2-5,8-11,20-21H,6-7,12-15H2,1H3,(H,29,34)(H,30,31)(H,32,33). The number of rotatable bonds is 7. The molecule has 2 unspecified atom stereocenters. The minimum absolute atomic E-state index is 0.0450. The van der Waals surface area contributed by atoms with Gasteiger partial charge in [0.05, 0.1) is 12.0 Å². The van der Waals surface area contributed by atoms with E-state index >= 15 is 0 Å². The van der Waals surface area contributed by atoms with Crippen LogP contribution in [0.15, 0.2) is 48.5 Å². The van der Waals surface area contributed by atoms with Crippen LogP contribution in [0, 0.1) is 5.41 Å². The zero-order valence-corrected chi connectivity index (χ0v) is 19.4. The van der Waals surface area contributed by atoms with Gasteiger partial charge in [-0.2, -0.15) is 8.78 Å². The number of fused-ring (bicyclic) bond motifs is 3. The summed E-state index contributed by atoms with van der Waals surface area (Å²) in [5, 5.41) is 13.7. The molecule has 4 rings (SSSR count). The molecule has 2 aliphatic rings. The summed E-state index contributed by atoms with van der Waals surface area (Å²) in [7, 11) is 0. The van der Waals surface area contributed by atoms with E-state index < -0.39 is 41.9 Å². The molecule has 0 radical (unpaired) electrons. The van der Waals surface area contributed by atoms with Crippen molar-refractivity contribution >= 4 is 18.0 Å². The first-order valence-electron chi connectivity index (χ1n) is 11.6. The summed E-state index contributed by atoms with van der Waals surface area (Å²) >= 11 is 0. The van der Waals surface area contributed by atoms with Crippen molar-refractivity contribution in [2.45, 2.75) is 50.5 Å². The van der Waals surface area contributed by atoms with Crippen molar-refractivity contribution in [1.82, 2.24) is 10.6 Å². The Kier molecular flexibility index (Phi) is 6.78. The Morgan fingerprint density at radius 2 is 1.66 bits per heavy atom. The summed E-state index contributed by atoms with van der Waals surface area (Å²) in [6, 6.07) is 14.5. The number of alkyl halides is 2. The quantitative estimate of drug-likeness (QED) is 0.541.